The molecule has 1 fully saturated rings. The molecule has 0 radical (unpaired) electrons. The molecule has 3 nitrogen and oxygen atoms in total. The maximum atomic E-state index is 12.6. The molecule has 1 aliphatic carbocycles. The van der Waals surface area contributed by atoms with Crippen molar-refractivity contribution in [2.45, 2.75) is 72.1 Å². The third kappa shape index (κ3) is 5.08. The van der Waals surface area contributed by atoms with E-state index in [1.54, 1.807) is 0 Å². The van der Waals surface area contributed by atoms with Crippen molar-refractivity contribution in [1.82, 2.24) is 5.32 Å². The van der Waals surface area contributed by atoms with Gasteiger partial charge in [-0.2, -0.15) is 0 Å². The summed E-state index contributed by atoms with van der Waals surface area (Å²) in [5.41, 5.74) is -0.107. The van der Waals surface area contributed by atoms with Gasteiger partial charge in [0.1, 0.15) is 0 Å². The van der Waals surface area contributed by atoms with E-state index in [4.69, 9.17) is 5.11 Å². The number of hydrogen-bond donors (Lipinski definition) is 2. The van der Waals surface area contributed by atoms with Gasteiger partial charge in [-0.25, -0.2) is 0 Å². The predicted molar refractivity (Wildman–Crippen MR) is 83.5 cm³/mol. The molecule has 1 aliphatic rings. The van der Waals surface area contributed by atoms with Crippen LogP contribution in [0.3, 0.4) is 0 Å². The summed E-state index contributed by atoms with van der Waals surface area (Å²) in [6, 6.07) is 0. The van der Waals surface area contributed by atoms with Crippen LogP contribution in [-0.4, -0.2) is 24.2 Å². The van der Waals surface area contributed by atoms with Gasteiger partial charge in [0.2, 0.25) is 5.91 Å². The Morgan fingerprint density at radius 2 is 1.90 bits per heavy atom. The molecule has 0 aromatic rings. The van der Waals surface area contributed by atoms with E-state index in [2.05, 4.69) is 26.1 Å². The van der Waals surface area contributed by atoms with E-state index >= 15 is 0 Å². The van der Waals surface area contributed by atoms with E-state index in [0.29, 0.717) is 11.8 Å². The van der Waals surface area contributed by atoms with E-state index in [1.807, 2.05) is 0 Å². The molecule has 0 aliphatic heterocycles. The largest absolute Gasteiger partial charge is 0.396 e. The summed E-state index contributed by atoms with van der Waals surface area (Å²) in [6.07, 6.45) is 8.48. The van der Waals surface area contributed by atoms with Gasteiger partial charge < -0.3 is 10.4 Å². The Labute approximate surface area is 124 Å². The first-order valence-electron chi connectivity index (χ1n) is 8.43. The molecule has 3 heteroatoms. The van der Waals surface area contributed by atoms with Crippen molar-refractivity contribution in [1.29, 1.82) is 0 Å². The molecule has 0 heterocycles. The van der Waals surface area contributed by atoms with Crippen molar-refractivity contribution in [3.05, 3.63) is 0 Å². The zero-order chi connectivity index (χ0) is 15.0. The van der Waals surface area contributed by atoms with Crippen LogP contribution in [-0.2, 0) is 4.79 Å². The van der Waals surface area contributed by atoms with Crippen LogP contribution < -0.4 is 5.32 Å². The molecule has 20 heavy (non-hydrogen) atoms. The average molecular weight is 283 g/mol. The number of aliphatic hydroxyl groups is 1. The number of nitrogens with one attached hydrogen (secondary N) is 1. The first-order chi connectivity index (χ1) is 9.54. The summed E-state index contributed by atoms with van der Waals surface area (Å²) < 4.78 is 0. The van der Waals surface area contributed by atoms with Gasteiger partial charge in [-0.3, -0.25) is 4.79 Å². The molecule has 0 aromatic heterocycles. The van der Waals surface area contributed by atoms with Gasteiger partial charge >= 0.3 is 0 Å². The molecule has 0 aromatic carbocycles. The average Bonchev–Trinajstić information content (AvgIpc) is 2.85. The Morgan fingerprint density at radius 3 is 2.40 bits per heavy atom. The van der Waals surface area contributed by atoms with E-state index in [-0.39, 0.29) is 17.9 Å². The number of carbonyl (C=O) groups excluding carboxylic acids is 1. The molecule has 118 valence electrons. The van der Waals surface area contributed by atoms with Gasteiger partial charge in [0, 0.05) is 18.6 Å². The number of amides is 1. The maximum absolute atomic E-state index is 12.6. The summed E-state index contributed by atoms with van der Waals surface area (Å²) in [4.78, 5) is 12.6. The molecule has 1 rings (SSSR count). The summed E-state index contributed by atoms with van der Waals surface area (Å²) in [6.45, 7) is 7.52. The highest BCUT2D eigenvalue weighted by atomic mass is 16.3. The highest BCUT2D eigenvalue weighted by molar-refractivity contribution is 5.82. The Kier molecular flexibility index (Phi) is 7.57. The summed E-state index contributed by atoms with van der Waals surface area (Å²) >= 11 is 0. The molecular weight excluding hydrogens is 250 g/mol. The predicted octanol–water partition coefficient (Wildman–Crippen LogP) is 3.51. The number of hydrogen-bond acceptors (Lipinski definition) is 2. The first kappa shape index (κ1) is 17.5. The van der Waals surface area contributed by atoms with Crippen LogP contribution in [0.25, 0.3) is 0 Å². The Hall–Kier alpha value is -0.570. The minimum Gasteiger partial charge on any atom is -0.396 e. The smallest absolute Gasteiger partial charge is 0.226 e. The number of carbonyl (C=O) groups is 1. The highest BCUT2D eigenvalue weighted by Gasteiger charge is 2.41. The summed E-state index contributed by atoms with van der Waals surface area (Å²) in [5.74, 6) is 1.26. The lowest BCUT2D eigenvalue weighted by molar-refractivity contribution is -0.132. The van der Waals surface area contributed by atoms with Crippen molar-refractivity contribution in [2.75, 3.05) is 13.2 Å². The second-order valence-corrected chi connectivity index (χ2v) is 6.96. The first-order valence-corrected chi connectivity index (χ1v) is 8.43. The van der Waals surface area contributed by atoms with E-state index in [1.165, 1.54) is 12.8 Å². The van der Waals surface area contributed by atoms with Crippen LogP contribution in [0.1, 0.15) is 72.1 Å². The quantitative estimate of drug-likeness (QED) is 0.680. The zero-order valence-electron chi connectivity index (χ0n) is 13.6. The molecule has 1 amide bonds. The minimum atomic E-state index is -0.107. The van der Waals surface area contributed by atoms with Crippen molar-refractivity contribution in [2.24, 2.45) is 17.3 Å². The molecule has 1 unspecified atom stereocenters. The van der Waals surface area contributed by atoms with Gasteiger partial charge in [0.15, 0.2) is 0 Å². The number of aliphatic hydroxyl groups excluding tert-OH is 1. The second-order valence-electron chi connectivity index (χ2n) is 6.96. The van der Waals surface area contributed by atoms with Crippen LogP contribution in [0, 0.1) is 17.3 Å². The van der Waals surface area contributed by atoms with E-state index < -0.39 is 0 Å². The fourth-order valence-electron chi connectivity index (χ4n) is 3.72. The number of rotatable bonds is 9. The molecule has 0 saturated heterocycles. The normalized spacial score (nSPS) is 19.2. The van der Waals surface area contributed by atoms with E-state index in [0.717, 1.165) is 45.1 Å². The van der Waals surface area contributed by atoms with Crippen LogP contribution in [0.4, 0.5) is 0 Å². The SMILES string of the molecule is CCCC(CCO)CNC(=O)C1(CC(C)C)CCCC1. The van der Waals surface area contributed by atoms with E-state index in [9.17, 15) is 4.79 Å². The van der Waals surface area contributed by atoms with Crippen LogP contribution in [0.15, 0.2) is 0 Å². The van der Waals surface area contributed by atoms with Gasteiger partial charge in [0.05, 0.1) is 0 Å². The van der Waals surface area contributed by atoms with Crippen molar-refractivity contribution in [3.63, 3.8) is 0 Å². The highest BCUT2D eigenvalue weighted by Crippen LogP contribution is 2.43. The lowest BCUT2D eigenvalue weighted by Gasteiger charge is -2.30. The zero-order valence-corrected chi connectivity index (χ0v) is 13.6. The van der Waals surface area contributed by atoms with Gasteiger partial charge in [-0.15, -0.1) is 0 Å². The lowest BCUT2D eigenvalue weighted by Crippen LogP contribution is -2.42. The Balaban J connectivity index is 2.53. The van der Waals surface area contributed by atoms with Gasteiger partial charge in [-0.1, -0.05) is 40.0 Å². The van der Waals surface area contributed by atoms with Crippen LogP contribution in [0.5, 0.6) is 0 Å². The summed E-state index contributed by atoms with van der Waals surface area (Å²) in [5, 5.41) is 12.3. The third-order valence-electron chi connectivity index (χ3n) is 4.63. The molecule has 1 saturated carbocycles. The van der Waals surface area contributed by atoms with Gasteiger partial charge in [-0.05, 0) is 43.9 Å². The van der Waals surface area contributed by atoms with Crippen molar-refractivity contribution in [3.8, 4) is 0 Å². The monoisotopic (exact) mass is 283 g/mol. The maximum Gasteiger partial charge on any atom is 0.226 e. The molecule has 0 bridgehead atoms. The van der Waals surface area contributed by atoms with Crippen LogP contribution in [0.2, 0.25) is 0 Å². The van der Waals surface area contributed by atoms with Crippen LogP contribution >= 0.6 is 0 Å². The standard InChI is InChI=1S/C17H33NO2/c1-4-7-15(8-11-19)13-18-16(20)17(12-14(2)3)9-5-6-10-17/h14-15,19H,4-13H2,1-3H3,(H,18,20). The molecular formula is C17H33NO2. The minimum absolute atomic E-state index is 0.107. The molecule has 0 spiro atoms. The topological polar surface area (TPSA) is 49.3 Å². The summed E-state index contributed by atoms with van der Waals surface area (Å²) in [7, 11) is 0. The van der Waals surface area contributed by atoms with Crippen molar-refractivity contribution < 1.29 is 9.90 Å². The van der Waals surface area contributed by atoms with Crippen molar-refractivity contribution >= 4 is 5.91 Å². The molecule has 2 N–H and O–H groups in total. The second kappa shape index (κ2) is 8.66. The Bertz CT molecular complexity index is 277. The Morgan fingerprint density at radius 1 is 1.25 bits per heavy atom. The third-order valence-corrected chi connectivity index (χ3v) is 4.63. The fourth-order valence-corrected chi connectivity index (χ4v) is 3.72. The van der Waals surface area contributed by atoms with Gasteiger partial charge in [0.25, 0.3) is 0 Å². The molecule has 1 atom stereocenters. The lowest BCUT2D eigenvalue weighted by atomic mass is 9.77. The fraction of sp³-hybridized carbons (Fsp3) is 0.941.